The van der Waals surface area contributed by atoms with E-state index in [4.69, 9.17) is 4.74 Å². The minimum Gasteiger partial charge on any atom is -0.381 e. The van der Waals surface area contributed by atoms with Crippen LogP contribution in [-0.4, -0.2) is 18.0 Å². The zero-order valence-electron chi connectivity index (χ0n) is 5.06. The molecule has 0 bridgehead atoms. The maximum absolute atomic E-state index is 5.15. The summed E-state index contributed by atoms with van der Waals surface area (Å²) in [5, 5.41) is 0. The van der Waals surface area contributed by atoms with Crippen LogP contribution in [0.15, 0.2) is 0 Å². The van der Waals surface area contributed by atoms with Crippen LogP contribution < -0.4 is 0 Å². The van der Waals surface area contributed by atoms with Crippen LogP contribution in [0, 0.1) is 0 Å². The number of rotatable bonds is 1. The average molecular weight is 179 g/mol. The molecule has 1 saturated carbocycles. The van der Waals surface area contributed by atoms with Gasteiger partial charge in [-0.1, -0.05) is 15.9 Å². The number of methoxy groups -OCH3 is 1. The third-order valence-corrected chi connectivity index (χ3v) is 2.49. The molecule has 0 saturated heterocycles. The van der Waals surface area contributed by atoms with Gasteiger partial charge in [-0.3, -0.25) is 0 Å². The molecule has 0 amide bonds. The summed E-state index contributed by atoms with van der Waals surface area (Å²) in [6.45, 7) is 0. The van der Waals surface area contributed by atoms with Gasteiger partial charge in [-0.05, 0) is 19.3 Å². The molecule has 0 heterocycles. The van der Waals surface area contributed by atoms with Crippen molar-refractivity contribution in [2.75, 3.05) is 7.11 Å². The molecule has 1 aliphatic carbocycles. The van der Waals surface area contributed by atoms with Crippen molar-refractivity contribution in [3.8, 4) is 0 Å². The topological polar surface area (TPSA) is 9.23 Å². The summed E-state index contributed by atoms with van der Waals surface area (Å²) in [7, 11) is 1.79. The van der Waals surface area contributed by atoms with Gasteiger partial charge in [-0.15, -0.1) is 0 Å². The predicted octanol–water partition coefficient (Wildman–Crippen LogP) is 1.95. The highest BCUT2D eigenvalue weighted by Gasteiger charge is 2.21. The molecular formula is C6H11BrO. The lowest BCUT2D eigenvalue weighted by atomic mass is 10.3. The fraction of sp³-hybridized carbons (Fsp3) is 1.00. The van der Waals surface area contributed by atoms with E-state index in [2.05, 4.69) is 15.9 Å². The third-order valence-electron chi connectivity index (χ3n) is 1.65. The molecule has 2 heteroatoms. The maximum Gasteiger partial charge on any atom is 0.0582 e. The Labute approximate surface area is 58.5 Å². The highest BCUT2D eigenvalue weighted by molar-refractivity contribution is 9.09. The van der Waals surface area contributed by atoms with Gasteiger partial charge in [0.25, 0.3) is 0 Å². The van der Waals surface area contributed by atoms with Crippen LogP contribution in [0.5, 0.6) is 0 Å². The van der Waals surface area contributed by atoms with Crippen LogP contribution in [0.1, 0.15) is 19.3 Å². The molecule has 0 aromatic rings. The van der Waals surface area contributed by atoms with E-state index >= 15 is 0 Å². The first-order chi connectivity index (χ1) is 3.83. The van der Waals surface area contributed by atoms with Crippen molar-refractivity contribution in [2.45, 2.75) is 30.2 Å². The predicted molar refractivity (Wildman–Crippen MR) is 37.4 cm³/mol. The van der Waals surface area contributed by atoms with Gasteiger partial charge >= 0.3 is 0 Å². The minimum atomic E-state index is 0.527. The molecule has 0 unspecified atom stereocenters. The number of hydrogen-bond donors (Lipinski definition) is 0. The van der Waals surface area contributed by atoms with Crippen molar-refractivity contribution in [3.63, 3.8) is 0 Å². The Bertz CT molecular complexity index is 74.9. The van der Waals surface area contributed by atoms with E-state index in [1.807, 2.05) is 0 Å². The van der Waals surface area contributed by atoms with Crippen molar-refractivity contribution in [3.05, 3.63) is 0 Å². The van der Waals surface area contributed by atoms with Crippen molar-refractivity contribution < 1.29 is 4.74 Å². The van der Waals surface area contributed by atoms with Crippen molar-refractivity contribution in [1.29, 1.82) is 0 Å². The Kier molecular flexibility index (Phi) is 2.32. The molecular weight excluding hydrogens is 168 g/mol. The maximum atomic E-state index is 5.15. The SMILES string of the molecule is CO[C@@H]1CC[C@H](Br)C1. The second kappa shape index (κ2) is 2.83. The highest BCUT2D eigenvalue weighted by Crippen LogP contribution is 2.26. The Hall–Kier alpha value is 0.440. The van der Waals surface area contributed by atoms with Crippen LogP contribution in [0.4, 0.5) is 0 Å². The number of ether oxygens (including phenoxy) is 1. The second-order valence-corrected chi connectivity index (χ2v) is 3.56. The third kappa shape index (κ3) is 1.46. The van der Waals surface area contributed by atoms with E-state index in [0.717, 1.165) is 0 Å². The largest absolute Gasteiger partial charge is 0.381 e. The van der Waals surface area contributed by atoms with E-state index < -0.39 is 0 Å². The summed E-state index contributed by atoms with van der Waals surface area (Å²) in [6.07, 6.45) is 4.22. The molecule has 1 fully saturated rings. The first-order valence-corrected chi connectivity index (χ1v) is 3.91. The molecule has 2 atom stereocenters. The molecule has 1 aliphatic rings. The quantitative estimate of drug-likeness (QED) is 0.559. The first kappa shape index (κ1) is 6.56. The number of alkyl halides is 1. The van der Waals surface area contributed by atoms with Crippen molar-refractivity contribution >= 4 is 15.9 Å². The monoisotopic (exact) mass is 178 g/mol. The minimum absolute atomic E-state index is 0.527. The summed E-state index contributed by atoms with van der Waals surface area (Å²) in [6, 6.07) is 0. The summed E-state index contributed by atoms with van der Waals surface area (Å²) in [4.78, 5) is 0.715. The van der Waals surface area contributed by atoms with Gasteiger partial charge in [0, 0.05) is 11.9 Å². The Morgan fingerprint density at radius 1 is 1.50 bits per heavy atom. The summed E-state index contributed by atoms with van der Waals surface area (Å²) in [5.74, 6) is 0. The zero-order chi connectivity index (χ0) is 5.98. The van der Waals surface area contributed by atoms with Gasteiger partial charge in [0.15, 0.2) is 0 Å². The Morgan fingerprint density at radius 2 is 2.25 bits per heavy atom. The van der Waals surface area contributed by atoms with E-state index in [0.29, 0.717) is 10.9 Å². The van der Waals surface area contributed by atoms with Gasteiger partial charge in [-0.2, -0.15) is 0 Å². The molecule has 48 valence electrons. The summed E-state index contributed by atoms with van der Waals surface area (Å²) < 4.78 is 5.15. The van der Waals surface area contributed by atoms with Crippen molar-refractivity contribution in [1.82, 2.24) is 0 Å². The molecule has 0 aromatic carbocycles. The zero-order valence-corrected chi connectivity index (χ0v) is 6.65. The van der Waals surface area contributed by atoms with Crippen LogP contribution in [0.25, 0.3) is 0 Å². The molecule has 0 N–H and O–H groups in total. The van der Waals surface area contributed by atoms with Gasteiger partial charge in [-0.25, -0.2) is 0 Å². The lowest BCUT2D eigenvalue weighted by Gasteiger charge is -2.03. The Balaban J connectivity index is 2.22. The average Bonchev–Trinajstić information content (AvgIpc) is 2.14. The number of hydrogen-bond acceptors (Lipinski definition) is 1. The standard InChI is InChI=1S/C6H11BrO/c1-8-6-3-2-5(7)4-6/h5-6H,2-4H2,1H3/t5-,6+/m0/s1. The smallest absolute Gasteiger partial charge is 0.0582 e. The van der Waals surface area contributed by atoms with Gasteiger partial charge < -0.3 is 4.74 Å². The normalized spacial score (nSPS) is 38.2. The van der Waals surface area contributed by atoms with Crippen LogP contribution in [0.3, 0.4) is 0 Å². The summed E-state index contributed by atoms with van der Waals surface area (Å²) in [5.41, 5.74) is 0. The van der Waals surface area contributed by atoms with Crippen molar-refractivity contribution in [2.24, 2.45) is 0 Å². The fourth-order valence-electron chi connectivity index (χ4n) is 1.10. The van der Waals surface area contributed by atoms with E-state index in [-0.39, 0.29) is 0 Å². The molecule has 0 aliphatic heterocycles. The van der Waals surface area contributed by atoms with Crippen LogP contribution >= 0.6 is 15.9 Å². The summed E-state index contributed by atoms with van der Waals surface area (Å²) >= 11 is 3.54. The molecule has 8 heavy (non-hydrogen) atoms. The molecule has 1 rings (SSSR count). The van der Waals surface area contributed by atoms with Gasteiger partial charge in [0.1, 0.15) is 0 Å². The lowest BCUT2D eigenvalue weighted by Crippen LogP contribution is -2.03. The second-order valence-electron chi connectivity index (χ2n) is 2.27. The van der Waals surface area contributed by atoms with Crippen LogP contribution in [-0.2, 0) is 4.74 Å². The molecule has 1 nitrogen and oxygen atoms in total. The molecule has 0 radical (unpaired) electrons. The van der Waals surface area contributed by atoms with Gasteiger partial charge in [0.05, 0.1) is 6.10 Å². The van der Waals surface area contributed by atoms with E-state index in [1.165, 1.54) is 19.3 Å². The lowest BCUT2D eigenvalue weighted by molar-refractivity contribution is 0.109. The molecule has 0 aromatic heterocycles. The van der Waals surface area contributed by atoms with E-state index in [1.54, 1.807) is 7.11 Å². The van der Waals surface area contributed by atoms with E-state index in [9.17, 15) is 0 Å². The fourth-order valence-corrected chi connectivity index (χ4v) is 1.78. The molecule has 0 spiro atoms. The highest BCUT2D eigenvalue weighted by atomic mass is 79.9. The van der Waals surface area contributed by atoms with Crippen LogP contribution in [0.2, 0.25) is 0 Å². The van der Waals surface area contributed by atoms with Gasteiger partial charge in [0.2, 0.25) is 0 Å². The number of halogens is 1. The Morgan fingerprint density at radius 3 is 2.50 bits per heavy atom. The first-order valence-electron chi connectivity index (χ1n) is 3.00.